The fraction of sp³-hybridized carbons (Fsp3) is 0.154. The summed E-state index contributed by atoms with van der Waals surface area (Å²) >= 11 is 0. The number of benzene rings is 2. The highest BCUT2D eigenvalue weighted by Crippen LogP contribution is 2.48. The fourth-order valence-corrected chi connectivity index (χ4v) is 4.54. The summed E-state index contributed by atoms with van der Waals surface area (Å²) in [7, 11) is 1.30. The largest absolute Gasteiger partial charge is 0.478 e. The average molecular weight is 441 g/mol. The Morgan fingerprint density at radius 2 is 1.70 bits per heavy atom. The molecule has 1 aliphatic carbocycles. The van der Waals surface area contributed by atoms with Gasteiger partial charge in [0.15, 0.2) is 5.78 Å². The van der Waals surface area contributed by atoms with Gasteiger partial charge in [-0.15, -0.1) is 0 Å². The van der Waals surface area contributed by atoms with Crippen molar-refractivity contribution in [1.82, 2.24) is 0 Å². The molecule has 7 heteroatoms. The van der Waals surface area contributed by atoms with Crippen LogP contribution in [0.5, 0.6) is 0 Å². The van der Waals surface area contributed by atoms with Gasteiger partial charge < -0.3 is 14.3 Å². The standard InChI is InChI=1S/C26H19NO6/c1-13-20(26(31)32-2)21(22-23(27-13)16-5-3-4-6-17(16)24(22)28)19-12-11-18(33-19)14-7-9-15(10-8-14)25(29)30/h3-12,20-21H,1-2H3,(H,29,30). The van der Waals surface area contributed by atoms with Crippen LogP contribution in [0.2, 0.25) is 0 Å². The third-order valence-corrected chi connectivity index (χ3v) is 6.11. The maximum absolute atomic E-state index is 13.4. The molecule has 7 nitrogen and oxygen atoms in total. The molecule has 2 aliphatic rings. The van der Waals surface area contributed by atoms with Crippen LogP contribution in [0.15, 0.2) is 75.6 Å². The van der Waals surface area contributed by atoms with Gasteiger partial charge in [0.1, 0.15) is 17.4 Å². The maximum atomic E-state index is 13.4. The van der Waals surface area contributed by atoms with Crippen molar-refractivity contribution in [3.05, 3.63) is 88.7 Å². The highest BCUT2D eigenvalue weighted by Gasteiger charge is 2.47. The second kappa shape index (κ2) is 7.70. The van der Waals surface area contributed by atoms with E-state index in [-0.39, 0.29) is 11.3 Å². The van der Waals surface area contributed by atoms with Crippen LogP contribution in [0.3, 0.4) is 0 Å². The molecule has 1 aliphatic heterocycles. The molecule has 2 aromatic carbocycles. The van der Waals surface area contributed by atoms with E-state index in [2.05, 4.69) is 4.99 Å². The predicted octanol–water partition coefficient (Wildman–Crippen LogP) is 4.60. The lowest BCUT2D eigenvalue weighted by molar-refractivity contribution is -0.143. The molecule has 2 heterocycles. The van der Waals surface area contributed by atoms with Crippen molar-refractivity contribution in [3.8, 4) is 11.3 Å². The number of nitrogens with zero attached hydrogens (tertiary/aromatic N) is 1. The number of fused-ring (bicyclic) bond motifs is 2. The molecule has 1 aromatic heterocycles. The Hall–Kier alpha value is -4.26. The van der Waals surface area contributed by atoms with Crippen LogP contribution in [-0.2, 0) is 9.53 Å². The van der Waals surface area contributed by atoms with E-state index in [1.807, 2.05) is 12.1 Å². The van der Waals surface area contributed by atoms with E-state index < -0.39 is 23.8 Å². The summed E-state index contributed by atoms with van der Waals surface area (Å²) in [5.41, 5.74) is 3.64. The number of allylic oxidation sites excluding steroid dienone is 1. The quantitative estimate of drug-likeness (QED) is 0.593. The minimum atomic E-state index is -1.02. The van der Waals surface area contributed by atoms with Gasteiger partial charge in [0.05, 0.1) is 24.3 Å². The van der Waals surface area contributed by atoms with E-state index >= 15 is 0 Å². The number of carboxylic acids is 1. The third-order valence-electron chi connectivity index (χ3n) is 6.11. The van der Waals surface area contributed by atoms with E-state index in [0.29, 0.717) is 39.6 Å². The molecular formula is C26H19NO6. The molecule has 0 spiro atoms. The van der Waals surface area contributed by atoms with Gasteiger partial charge in [-0.25, -0.2) is 4.79 Å². The van der Waals surface area contributed by atoms with E-state index in [9.17, 15) is 14.4 Å². The highest BCUT2D eigenvalue weighted by atomic mass is 16.5. The molecule has 0 radical (unpaired) electrons. The van der Waals surface area contributed by atoms with Crippen molar-refractivity contribution >= 4 is 29.1 Å². The number of carboxylic acid groups (broad SMARTS) is 1. The number of methoxy groups -OCH3 is 1. The van der Waals surface area contributed by atoms with Gasteiger partial charge in [0.25, 0.3) is 0 Å². The highest BCUT2D eigenvalue weighted by molar-refractivity contribution is 6.24. The summed E-state index contributed by atoms with van der Waals surface area (Å²) in [4.78, 5) is 41.9. The summed E-state index contributed by atoms with van der Waals surface area (Å²) in [6.45, 7) is 1.75. The van der Waals surface area contributed by atoms with E-state index in [1.165, 1.54) is 19.2 Å². The Bertz CT molecular complexity index is 1380. The summed E-state index contributed by atoms with van der Waals surface area (Å²) in [6, 6.07) is 17.0. The Morgan fingerprint density at radius 1 is 1.00 bits per heavy atom. The number of ketones is 1. The van der Waals surface area contributed by atoms with Crippen LogP contribution in [0, 0.1) is 5.92 Å². The van der Waals surface area contributed by atoms with Crippen LogP contribution in [0.4, 0.5) is 0 Å². The first-order valence-corrected chi connectivity index (χ1v) is 10.4. The van der Waals surface area contributed by atoms with Crippen LogP contribution in [0.25, 0.3) is 17.0 Å². The molecule has 3 aromatic rings. The fourth-order valence-electron chi connectivity index (χ4n) is 4.54. The summed E-state index contributed by atoms with van der Waals surface area (Å²) < 4.78 is 11.2. The van der Waals surface area contributed by atoms with Crippen molar-refractivity contribution in [2.45, 2.75) is 12.8 Å². The Kier molecular flexibility index (Phi) is 4.82. The van der Waals surface area contributed by atoms with Crippen molar-refractivity contribution in [2.24, 2.45) is 10.9 Å². The number of hydrogen-bond donors (Lipinski definition) is 1. The lowest BCUT2D eigenvalue weighted by Crippen LogP contribution is -2.34. The van der Waals surface area contributed by atoms with Gasteiger partial charge in [-0.3, -0.25) is 14.6 Å². The van der Waals surface area contributed by atoms with E-state index in [1.54, 1.807) is 43.3 Å². The zero-order valence-corrected chi connectivity index (χ0v) is 17.9. The van der Waals surface area contributed by atoms with Gasteiger partial charge in [-0.2, -0.15) is 0 Å². The summed E-state index contributed by atoms with van der Waals surface area (Å²) in [5, 5.41) is 9.12. The molecule has 164 valence electrons. The average Bonchev–Trinajstić information content (AvgIpc) is 3.42. The van der Waals surface area contributed by atoms with Gasteiger partial charge in [0, 0.05) is 28.0 Å². The number of esters is 1. The molecule has 0 saturated carbocycles. The van der Waals surface area contributed by atoms with Gasteiger partial charge in [-0.1, -0.05) is 36.4 Å². The molecule has 0 fully saturated rings. The number of ether oxygens (including phenoxy) is 1. The molecule has 0 amide bonds. The maximum Gasteiger partial charge on any atom is 0.335 e. The van der Waals surface area contributed by atoms with E-state index in [4.69, 9.17) is 14.3 Å². The normalized spacial score (nSPS) is 19.1. The Morgan fingerprint density at radius 3 is 2.36 bits per heavy atom. The zero-order valence-electron chi connectivity index (χ0n) is 17.9. The molecule has 0 bridgehead atoms. The molecule has 2 atom stereocenters. The van der Waals surface area contributed by atoms with Crippen molar-refractivity contribution in [1.29, 1.82) is 0 Å². The lowest BCUT2D eigenvalue weighted by Gasteiger charge is -2.28. The van der Waals surface area contributed by atoms with Gasteiger partial charge >= 0.3 is 11.9 Å². The second-order valence-electron chi connectivity index (χ2n) is 7.95. The number of carbonyl (C=O) groups excluding carboxylic acids is 2. The molecule has 5 rings (SSSR count). The van der Waals surface area contributed by atoms with E-state index in [0.717, 1.165) is 5.56 Å². The second-order valence-corrected chi connectivity index (χ2v) is 7.95. The van der Waals surface area contributed by atoms with Crippen LogP contribution < -0.4 is 0 Å². The number of furan rings is 1. The number of rotatable bonds is 4. The lowest BCUT2D eigenvalue weighted by atomic mass is 9.78. The number of aliphatic imine (C=N–C) groups is 1. The van der Waals surface area contributed by atoms with Crippen molar-refractivity contribution in [3.63, 3.8) is 0 Å². The zero-order chi connectivity index (χ0) is 23.3. The molecular weight excluding hydrogens is 422 g/mol. The minimum Gasteiger partial charge on any atom is -0.478 e. The Balaban J connectivity index is 1.62. The predicted molar refractivity (Wildman–Crippen MR) is 120 cm³/mol. The molecule has 33 heavy (non-hydrogen) atoms. The summed E-state index contributed by atoms with van der Waals surface area (Å²) in [6.07, 6.45) is 0. The minimum absolute atomic E-state index is 0.166. The monoisotopic (exact) mass is 441 g/mol. The van der Waals surface area contributed by atoms with Crippen molar-refractivity contribution in [2.75, 3.05) is 7.11 Å². The Labute approximate surface area is 189 Å². The third kappa shape index (κ3) is 3.20. The number of Topliss-reactive ketones (excluding diaryl/α,β-unsaturated/α-hetero) is 1. The van der Waals surface area contributed by atoms with Crippen LogP contribution in [0.1, 0.15) is 44.9 Å². The van der Waals surface area contributed by atoms with Gasteiger partial charge in [-0.05, 0) is 31.2 Å². The van der Waals surface area contributed by atoms with Crippen LogP contribution in [-0.4, -0.2) is 35.6 Å². The first-order valence-electron chi connectivity index (χ1n) is 10.4. The number of hydrogen-bond acceptors (Lipinski definition) is 6. The first kappa shape index (κ1) is 20.6. The van der Waals surface area contributed by atoms with Gasteiger partial charge in [0.2, 0.25) is 0 Å². The number of carbonyl (C=O) groups is 3. The smallest absolute Gasteiger partial charge is 0.335 e. The van der Waals surface area contributed by atoms with Crippen molar-refractivity contribution < 1.29 is 28.6 Å². The molecule has 2 unspecified atom stereocenters. The first-order chi connectivity index (χ1) is 15.9. The molecule has 1 N–H and O–H groups in total. The SMILES string of the molecule is COC(=O)C1C(C)=NC2=C(C(=O)c3ccccc32)C1c1ccc(-c2ccc(C(=O)O)cc2)o1. The topological polar surface area (TPSA) is 106 Å². The molecule has 0 saturated heterocycles. The number of aromatic carboxylic acids is 1. The summed E-state index contributed by atoms with van der Waals surface area (Å²) in [5.74, 6) is -2.27. The van der Waals surface area contributed by atoms with Crippen LogP contribution >= 0.6 is 0 Å².